The van der Waals surface area contributed by atoms with Gasteiger partial charge in [-0.1, -0.05) is 0 Å². The highest BCUT2D eigenvalue weighted by atomic mass is 79.9. The number of rotatable bonds is 2. The molecule has 0 unspecified atom stereocenters. The zero-order valence-electron chi connectivity index (χ0n) is 7.98. The van der Waals surface area contributed by atoms with Gasteiger partial charge in [0.15, 0.2) is 0 Å². The summed E-state index contributed by atoms with van der Waals surface area (Å²) in [6.45, 7) is 1.63. The molecule has 1 aromatic carbocycles. The van der Waals surface area contributed by atoms with Crippen LogP contribution in [0.3, 0.4) is 0 Å². The topological polar surface area (TPSA) is 18.5 Å². The van der Waals surface area contributed by atoms with Gasteiger partial charge in [0.05, 0.1) is 11.6 Å². The minimum Gasteiger partial charge on any atom is -0.496 e. The standard InChI is InChI=1S/C9H8BrF3O2/c1-5-3-8(15-9(11,12)13)6(10)4-7(5)14-2/h3-4H,1-2H3. The van der Waals surface area contributed by atoms with E-state index in [4.69, 9.17) is 4.74 Å². The average Bonchev–Trinajstić information content (AvgIpc) is 2.08. The Morgan fingerprint density at radius 2 is 1.80 bits per heavy atom. The van der Waals surface area contributed by atoms with Crippen molar-refractivity contribution in [3.05, 3.63) is 22.2 Å². The van der Waals surface area contributed by atoms with Crippen LogP contribution >= 0.6 is 15.9 Å². The predicted molar refractivity (Wildman–Crippen MR) is 52.1 cm³/mol. The lowest BCUT2D eigenvalue weighted by molar-refractivity contribution is -0.274. The van der Waals surface area contributed by atoms with E-state index in [0.29, 0.717) is 11.3 Å². The summed E-state index contributed by atoms with van der Waals surface area (Å²) in [7, 11) is 1.44. The van der Waals surface area contributed by atoms with E-state index in [1.165, 1.54) is 19.2 Å². The van der Waals surface area contributed by atoms with Crippen LogP contribution < -0.4 is 9.47 Å². The Labute approximate surface area is 93.1 Å². The van der Waals surface area contributed by atoms with Crippen molar-refractivity contribution < 1.29 is 22.6 Å². The molecule has 0 amide bonds. The first-order valence-corrected chi connectivity index (χ1v) is 4.72. The Morgan fingerprint density at radius 3 is 2.27 bits per heavy atom. The minimum atomic E-state index is -4.69. The number of benzene rings is 1. The van der Waals surface area contributed by atoms with Gasteiger partial charge < -0.3 is 9.47 Å². The Balaban J connectivity index is 3.05. The number of halogens is 4. The molecule has 0 aliphatic heterocycles. The first-order valence-electron chi connectivity index (χ1n) is 3.93. The van der Waals surface area contributed by atoms with E-state index in [1.807, 2.05) is 0 Å². The summed E-state index contributed by atoms with van der Waals surface area (Å²) in [5, 5.41) is 0. The lowest BCUT2D eigenvalue weighted by Gasteiger charge is -2.13. The van der Waals surface area contributed by atoms with Crippen molar-refractivity contribution in [3.63, 3.8) is 0 Å². The van der Waals surface area contributed by atoms with E-state index in [0.717, 1.165) is 0 Å². The summed E-state index contributed by atoms with van der Waals surface area (Å²) in [6.07, 6.45) is -4.69. The van der Waals surface area contributed by atoms with Crippen molar-refractivity contribution in [1.82, 2.24) is 0 Å². The molecule has 0 saturated heterocycles. The highest BCUT2D eigenvalue weighted by Gasteiger charge is 2.32. The van der Waals surface area contributed by atoms with Crippen molar-refractivity contribution in [1.29, 1.82) is 0 Å². The zero-order valence-corrected chi connectivity index (χ0v) is 9.57. The van der Waals surface area contributed by atoms with Crippen LogP contribution in [0.5, 0.6) is 11.5 Å². The van der Waals surface area contributed by atoms with Crippen LogP contribution in [-0.4, -0.2) is 13.5 Å². The number of methoxy groups -OCH3 is 1. The zero-order chi connectivity index (χ0) is 11.6. The molecule has 6 heteroatoms. The molecule has 2 nitrogen and oxygen atoms in total. The summed E-state index contributed by atoms with van der Waals surface area (Å²) >= 11 is 2.97. The molecule has 0 aliphatic rings. The molecular formula is C9H8BrF3O2. The van der Waals surface area contributed by atoms with Gasteiger partial charge in [0.25, 0.3) is 0 Å². The number of ether oxygens (including phenoxy) is 2. The maximum absolute atomic E-state index is 12.0. The van der Waals surface area contributed by atoms with E-state index in [-0.39, 0.29) is 10.2 Å². The van der Waals surface area contributed by atoms with Crippen LogP contribution in [0.2, 0.25) is 0 Å². The molecule has 0 aliphatic carbocycles. The fraction of sp³-hybridized carbons (Fsp3) is 0.333. The van der Waals surface area contributed by atoms with Gasteiger partial charge in [-0.05, 0) is 40.5 Å². The summed E-state index contributed by atoms with van der Waals surface area (Å²) in [5.74, 6) is 0.220. The van der Waals surface area contributed by atoms with Gasteiger partial charge in [-0.2, -0.15) is 0 Å². The molecule has 0 heterocycles. The highest BCUT2D eigenvalue weighted by molar-refractivity contribution is 9.10. The van der Waals surface area contributed by atoms with Gasteiger partial charge in [-0.15, -0.1) is 13.2 Å². The second kappa shape index (κ2) is 4.30. The van der Waals surface area contributed by atoms with Crippen LogP contribution in [0.1, 0.15) is 5.56 Å². The second-order valence-electron chi connectivity index (χ2n) is 2.80. The number of alkyl halides is 3. The lowest BCUT2D eigenvalue weighted by atomic mass is 10.2. The van der Waals surface area contributed by atoms with Gasteiger partial charge in [0.1, 0.15) is 11.5 Å². The fourth-order valence-electron chi connectivity index (χ4n) is 1.06. The van der Waals surface area contributed by atoms with Gasteiger partial charge in [0.2, 0.25) is 0 Å². The van der Waals surface area contributed by atoms with E-state index in [9.17, 15) is 13.2 Å². The maximum Gasteiger partial charge on any atom is 0.573 e. The van der Waals surface area contributed by atoms with Gasteiger partial charge in [-0.25, -0.2) is 0 Å². The smallest absolute Gasteiger partial charge is 0.496 e. The van der Waals surface area contributed by atoms with Crippen LogP contribution in [-0.2, 0) is 0 Å². The van der Waals surface area contributed by atoms with E-state index < -0.39 is 6.36 Å². The van der Waals surface area contributed by atoms with E-state index in [1.54, 1.807) is 6.92 Å². The summed E-state index contributed by atoms with van der Waals surface area (Å²) in [4.78, 5) is 0. The second-order valence-corrected chi connectivity index (χ2v) is 3.65. The third-order valence-electron chi connectivity index (χ3n) is 1.68. The van der Waals surface area contributed by atoms with Gasteiger partial charge in [-0.3, -0.25) is 0 Å². The van der Waals surface area contributed by atoms with Crippen molar-refractivity contribution in [3.8, 4) is 11.5 Å². The summed E-state index contributed by atoms with van der Waals surface area (Å²) in [5.41, 5.74) is 0.569. The highest BCUT2D eigenvalue weighted by Crippen LogP contribution is 2.35. The lowest BCUT2D eigenvalue weighted by Crippen LogP contribution is -2.17. The molecule has 0 fully saturated rings. The van der Waals surface area contributed by atoms with Crippen LogP contribution in [0.4, 0.5) is 13.2 Å². The molecule has 0 spiro atoms. The molecule has 0 saturated carbocycles. The third kappa shape index (κ3) is 3.30. The molecular weight excluding hydrogens is 277 g/mol. The Morgan fingerprint density at radius 1 is 1.20 bits per heavy atom. The first-order chi connectivity index (χ1) is 6.83. The van der Waals surface area contributed by atoms with Crippen molar-refractivity contribution >= 4 is 15.9 Å². The molecule has 84 valence electrons. The Kier molecular flexibility index (Phi) is 3.49. The van der Waals surface area contributed by atoms with E-state index >= 15 is 0 Å². The largest absolute Gasteiger partial charge is 0.573 e. The number of aryl methyl sites for hydroxylation is 1. The molecule has 0 aromatic heterocycles. The molecule has 0 atom stereocenters. The van der Waals surface area contributed by atoms with Crippen LogP contribution in [0.15, 0.2) is 16.6 Å². The molecule has 1 rings (SSSR count). The van der Waals surface area contributed by atoms with Crippen molar-refractivity contribution in [2.75, 3.05) is 7.11 Å². The van der Waals surface area contributed by atoms with Crippen LogP contribution in [0, 0.1) is 6.92 Å². The normalized spacial score (nSPS) is 11.3. The van der Waals surface area contributed by atoms with Crippen LogP contribution in [0.25, 0.3) is 0 Å². The van der Waals surface area contributed by atoms with Crippen molar-refractivity contribution in [2.45, 2.75) is 13.3 Å². The van der Waals surface area contributed by atoms with Gasteiger partial charge in [0, 0.05) is 0 Å². The van der Waals surface area contributed by atoms with Gasteiger partial charge >= 0.3 is 6.36 Å². The summed E-state index contributed by atoms with van der Waals surface area (Å²) in [6, 6.07) is 2.69. The molecule has 0 bridgehead atoms. The molecule has 0 radical (unpaired) electrons. The average molecular weight is 285 g/mol. The molecule has 15 heavy (non-hydrogen) atoms. The van der Waals surface area contributed by atoms with Crippen molar-refractivity contribution in [2.24, 2.45) is 0 Å². The Hall–Kier alpha value is -0.910. The monoisotopic (exact) mass is 284 g/mol. The summed E-state index contributed by atoms with van der Waals surface area (Å²) < 4.78 is 44.8. The minimum absolute atomic E-state index is 0.197. The third-order valence-corrected chi connectivity index (χ3v) is 2.29. The fourth-order valence-corrected chi connectivity index (χ4v) is 1.46. The number of hydrogen-bond donors (Lipinski definition) is 0. The molecule has 1 aromatic rings. The quantitative estimate of drug-likeness (QED) is 0.825. The first kappa shape index (κ1) is 12.2. The SMILES string of the molecule is COc1cc(Br)c(OC(F)(F)F)cc1C. The number of hydrogen-bond acceptors (Lipinski definition) is 2. The maximum atomic E-state index is 12.0. The van der Waals surface area contributed by atoms with E-state index in [2.05, 4.69) is 20.7 Å². The Bertz CT molecular complexity index is 363. The molecule has 0 N–H and O–H groups in total. The predicted octanol–water partition coefficient (Wildman–Crippen LogP) is 3.66.